The van der Waals surface area contributed by atoms with E-state index in [9.17, 15) is 10.1 Å². The molecule has 0 unspecified atom stereocenters. The van der Waals surface area contributed by atoms with Crippen LogP contribution in [-0.2, 0) is 6.42 Å². The summed E-state index contributed by atoms with van der Waals surface area (Å²) in [6.45, 7) is 4.29. The number of nitrogens with zero attached hydrogens (tertiary/aromatic N) is 1. The van der Waals surface area contributed by atoms with E-state index in [1.165, 1.54) is 27.8 Å². The van der Waals surface area contributed by atoms with E-state index in [1.807, 2.05) is 36.4 Å². The van der Waals surface area contributed by atoms with E-state index < -0.39 is 0 Å². The summed E-state index contributed by atoms with van der Waals surface area (Å²) in [5.74, 6) is -0.00771. The Morgan fingerprint density at radius 3 is 2.56 bits per heavy atom. The number of hydrogen-bond acceptors (Lipinski definition) is 2. The van der Waals surface area contributed by atoms with Crippen molar-refractivity contribution in [1.29, 1.82) is 0 Å². The molecule has 4 rings (SSSR count). The smallest absolute Gasteiger partial charge is 0.254 e. The number of rotatable bonds is 2. The zero-order chi connectivity index (χ0) is 17.6. The molecule has 3 heteroatoms. The van der Waals surface area contributed by atoms with E-state index in [0.29, 0.717) is 5.70 Å². The lowest BCUT2D eigenvalue weighted by Gasteiger charge is -2.35. The first-order valence-electron chi connectivity index (χ1n) is 8.78. The van der Waals surface area contributed by atoms with Gasteiger partial charge in [-0.3, -0.25) is 10.1 Å². The molecule has 0 saturated heterocycles. The number of aryl methyl sites for hydroxylation is 2. The lowest BCUT2D eigenvalue weighted by molar-refractivity contribution is -0.431. The average molecular weight is 331 g/mol. The molecule has 0 bridgehead atoms. The van der Waals surface area contributed by atoms with E-state index in [1.54, 1.807) is 6.08 Å². The van der Waals surface area contributed by atoms with Crippen LogP contribution in [0.5, 0.6) is 0 Å². The Morgan fingerprint density at radius 2 is 1.84 bits per heavy atom. The van der Waals surface area contributed by atoms with Gasteiger partial charge in [0.15, 0.2) is 0 Å². The molecule has 2 aliphatic carbocycles. The SMILES string of the molecule is Cc1cc(C)c2c(c1)C1=CC=C([N+](=O)[O-])[C@H](c3ccccc3)[C@H]1CC2. The molecule has 0 fully saturated rings. The molecule has 0 spiro atoms. The van der Waals surface area contributed by atoms with Crippen molar-refractivity contribution in [2.75, 3.05) is 0 Å². The number of fused-ring (bicyclic) bond motifs is 3. The molecule has 0 saturated carbocycles. The summed E-state index contributed by atoms with van der Waals surface area (Å²) in [4.78, 5) is 11.5. The van der Waals surface area contributed by atoms with Crippen molar-refractivity contribution in [3.63, 3.8) is 0 Å². The van der Waals surface area contributed by atoms with Gasteiger partial charge in [0.25, 0.3) is 5.70 Å². The van der Waals surface area contributed by atoms with Crippen molar-refractivity contribution in [3.8, 4) is 0 Å². The highest BCUT2D eigenvalue weighted by molar-refractivity contribution is 5.77. The second kappa shape index (κ2) is 5.99. The fourth-order valence-electron chi connectivity index (χ4n) is 4.52. The van der Waals surface area contributed by atoms with Crippen molar-refractivity contribution < 1.29 is 4.92 Å². The first-order chi connectivity index (χ1) is 12.1. The zero-order valence-corrected chi connectivity index (χ0v) is 14.5. The van der Waals surface area contributed by atoms with E-state index in [4.69, 9.17) is 0 Å². The van der Waals surface area contributed by atoms with Crippen LogP contribution in [0.2, 0.25) is 0 Å². The van der Waals surface area contributed by atoms with Gasteiger partial charge in [0.05, 0.1) is 10.8 Å². The van der Waals surface area contributed by atoms with E-state index >= 15 is 0 Å². The Bertz CT molecular complexity index is 909. The van der Waals surface area contributed by atoms with Gasteiger partial charge in [-0.2, -0.15) is 0 Å². The third-order valence-electron chi connectivity index (χ3n) is 5.56. The Labute approximate surface area is 147 Å². The molecule has 0 amide bonds. The highest BCUT2D eigenvalue weighted by Gasteiger charge is 2.40. The number of allylic oxidation sites excluding steroid dienone is 4. The average Bonchev–Trinajstić information content (AvgIpc) is 2.61. The summed E-state index contributed by atoms with van der Waals surface area (Å²) in [7, 11) is 0. The van der Waals surface area contributed by atoms with Gasteiger partial charge in [0.2, 0.25) is 0 Å². The van der Waals surface area contributed by atoms with Crippen molar-refractivity contribution in [1.82, 2.24) is 0 Å². The van der Waals surface area contributed by atoms with Gasteiger partial charge in [0.1, 0.15) is 0 Å². The topological polar surface area (TPSA) is 43.1 Å². The quantitative estimate of drug-likeness (QED) is 0.560. The Kier molecular flexibility index (Phi) is 3.79. The van der Waals surface area contributed by atoms with Gasteiger partial charge >= 0.3 is 0 Å². The second-order valence-electron chi connectivity index (χ2n) is 7.11. The lowest BCUT2D eigenvalue weighted by atomic mass is 9.67. The van der Waals surface area contributed by atoms with Crippen LogP contribution < -0.4 is 0 Å². The molecule has 0 aliphatic heterocycles. The molecule has 2 aliphatic rings. The number of nitro groups is 1. The van der Waals surface area contributed by atoms with Crippen molar-refractivity contribution >= 4 is 5.57 Å². The van der Waals surface area contributed by atoms with Crippen molar-refractivity contribution in [3.05, 3.63) is 98.2 Å². The Balaban J connectivity index is 1.89. The van der Waals surface area contributed by atoms with Crippen LogP contribution in [-0.4, -0.2) is 4.92 Å². The summed E-state index contributed by atoms with van der Waals surface area (Å²) in [6, 6.07) is 14.4. The Hall–Kier alpha value is -2.68. The molecule has 0 aromatic heterocycles. The van der Waals surface area contributed by atoms with Crippen LogP contribution in [0.15, 0.2) is 60.3 Å². The van der Waals surface area contributed by atoms with Gasteiger partial charge in [-0.15, -0.1) is 0 Å². The molecule has 0 N–H and O–H groups in total. The summed E-state index contributed by atoms with van der Waals surface area (Å²) < 4.78 is 0. The first-order valence-corrected chi connectivity index (χ1v) is 8.78. The van der Waals surface area contributed by atoms with Crippen molar-refractivity contribution in [2.24, 2.45) is 5.92 Å². The van der Waals surface area contributed by atoms with Crippen LogP contribution >= 0.6 is 0 Å². The van der Waals surface area contributed by atoms with Gasteiger partial charge < -0.3 is 0 Å². The monoisotopic (exact) mass is 331 g/mol. The van der Waals surface area contributed by atoms with E-state index in [-0.39, 0.29) is 16.8 Å². The molecule has 0 radical (unpaired) electrons. The second-order valence-corrected chi connectivity index (χ2v) is 7.11. The maximum Gasteiger partial charge on any atom is 0.254 e. The van der Waals surface area contributed by atoms with Crippen molar-refractivity contribution in [2.45, 2.75) is 32.6 Å². The summed E-state index contributed by atoms with van der Waals surface area (Å²) >= 11 is 0. The maximum atomic E-state index is 11.7. The van der Waals surface area contributed by atoms with Crippen LogP contribution in [0.25, 0.3) is 5.57 Å². The Morgan fingerprint density at radius 1 is 1.08 bits per heavy atom. The minimum Gasteiger partial charge on any atom is -0.259 e. The van der Waals surface area contributed by atoms with Gasteiger partial charge in [-0.05, 0) is 54.5 Å². The summed E-state index contributed by atoms with van der Waals surface area (Å²) in [5, 5.41) is 11.7. The molecule has 2 aromatic carbocycles. The van der Waals surface area contributed by atoms with Crippen LogP contribution in [0.1, 0.15) is 40.2 Å². The van der Waals surface area contributed by atoms with Crippen LogP contribution in [0, 0.1) is 29.9 Å². The zero-order valence-electron chi connectivity index (χ0n) is 14.5. The predicted molar refractivity (Wildman–Crippen MR) is 100.0 cm³/mol. The number of benzene rings is 2. The third kappa shape index (κ3) is 2.60. The lowest BCUT2D eigenvalue weighted by Crippen LogP contribution is -2.27. The summed E-state index contributed by atoms with van der Waals surface area (Å²) in [6.07, 6.45) is 5.64. The molecular weight excluding hydrogens is 310 g/mol. The van der Waals surface area contributed by atoms with Gasteiger partial charge in [0, 0.05) is 12.0 Å². The normalized spacial score (nSPS) is 21.7. The van der Waals surface area contributed by atoms with Crippen LogP contribution in [0.3, 0.4) is 0 Å². The molecule has 126 valence electrons. The maximum absolute atomic E-state index is 11.7. The van der Waals surface area contributed by atoms with Gasteiger partial charge in [-0.25, -0.2) is 0 Å². The first kappa shape index (κ1) is 15.8. The highest BCUT2D eigenvalue weighted by Crippen LogP contribution is 2.49. The van der Waals surface area contributed by atoms with Gasteiger partial charge in [-0.1, -0.05) is 54.1 Å². The minimum atomic E-state index is -0.206. The van der Waals surface area contributed by atoms with E-state index in [0.717, 1.165) is 18.4 Å². The summed E-state index contributed by atoms with van der Waals surface area (Å²) in [5.41, 5.74) is 7.87. The minimum absolute atomic E-state index is 0.168. The fourth-order valence-corrected chi connectivity index (χ4v) is 4.52. The fraction of sp³-hybridized carbons (Fsp3) is 0.273. The highest BCUT2D eigenvalue weighted by atomic mass is 16.6. The molecule has 2 atom stereocenters. The molecule has 25 heavy (non-hydrogen) atoms. The van der Waals surface area contributed by atoms with E-state index in [2.05, 4.69) is 26.0 Å². The standard InChI is InChI=1S/C22H21NO2/c1-14-12-15(2)17-8-9-19-18(20(17)13-14)10-11-21(23(24)25)22(19)16-6-4-3-5-7-16/h3-7,10-13,19,22H,8-9H2,1-2H3/t19-,22+/m0/s1. The third-order valence-corrected chi connectivity index (χ3v) is 5.56. The van der Waals surface area contributed by atoms with Crippen LogP contribution in [0.4, 0.5) is 0 Å². The molecular formula is C22H21NO2. The molecule has 2 aromatic rings. The molecule has 3 nitrogen and oxygen atoms in total. The molecule has 0 heterocycles. The number of hydrogen-bond donors (Lipinski definition) is 0. The predicted octanol–water partition coefficient (Wildman–Crippen LogP) is 5.21. The largest absolute Gasteiger partial charge is 0.259 e.